The highest BCUT2D eigenvalue weighted by Crippen LogP contribution is 2.35. The number of nitrogens with one attached hydrogen (secondary N) is 2. The number of thiophene rings is 2. The maximum Gasteiger partial charge on any atom is 0.416 e. The van der Waals surface area contributed by atoms with Gasteiger partial charge in [0.25, 0.3) is 17.2 Å². The minimum Gasteiger partial charge on any atom is -0.292 e. The maximum atomic E-state index is 12.9. The first-order valence-corrected chi connectivity index (χ1v) is 10.8. The van der Waals surface area contributed by atoms with Crippen molar-refractivity contribution in [3.63, 3.8) is 0 Å². The molecule has 0 aliphatic rings. The minimum atomic E-state index is -4.76. The van der Waals surface area contributed by atoms with Crippen LogP contribution in [0.15, 0.2) is 52.2 Å². The van der Waals surface area contributed by atoms with E-state index in [0.29, 0.717) is 27.9 Å². The van der Waals surface area contributed by atoms with Gasteiger partial charge in [0.1, 0.15) is 17.1 Å². The Balaban J connectivity index is 1.53. The summed E-state index contributed by atoms with van der Waals surface area (Å²) in [5, 5.41) is 15.2. The van der Waals surface area contributed by atoms with Gasteiger partial charge in [-0.3, -0.25) is 35.1 Å². The number of carbonyl (C=O) groups is 1. The number of rotatable bonds is 6. The summed E-state index contributed by atoms with van der Waals surface area (Å²) in [5.41, 5.74) is 2.24. The van der Waals surface area contributed by atoms with Crippen LogP contribution in [0.5, 0.6) is 0 Å². The van der Waals surface area contributed by atoms with Crippen molar-refractivity contribution in [2.75, 3.05) is 5.43 Å². The molecule has 0 bridgehead atoms. The second-order valence-electron chi connectivity index (χ2n) is 6.64. The quantitative estimate of drug-likeness (QED) is 0.305. The molecule has 3 aromatic heterocycles. The molecule has 0 radical (unpaired) electrons. The molecule has 0 aliphatic carbocycles. The van der Waals surface area contributed by atoms with E-state index < -0.39 is 40.4 Å². The van der Waals surface area contributed by atoms with Crippen LogP contribution in [0.2, 0.25) is 0 Å². The van der Waals surface area contributed by atoms with E-state index in [4.69, 9.17) is 0 Å². The first kappa shape index (κ1) is 22.4. The molecular weight excluding hydrogens is 483 g/mol. The van der Waals surface area contributed by atoms with Gasteiger partial charge >= 0.3 is 6.18 Å². The van der Waals surface area contributed by atoms with E-state index in [9.17, 15) is 32.9 Å². The van der Waals surface area contributed by atoms with Gasteiger partial charge < -0.3 is 0 Å². The number of nitro groups is 1. The lowest BCUT2D eigenvalue weighted by atomic mass is 10.1. The molecule has 1 aromatic carbocycles. The molecule has 2 N–H and O–H groups in total. The molecule has 4 aromatic rings. The third kappa shape index (κ3) is 4.56. The van der Waals surface area contributed by atoms with E-state index in [-0.39, 0.29) is 5.69 Å². The predicted molar refractivity (Wildman–Crippen MR) is 117 cm³/mol. The fourth-order valence-electron chi connectivity index (χ4n) is 2.99. The topological polar surface area (TPSA) is 119 Å². The number of benzene rings is 1. The molecule has 170 valence electrons. The van der Waals surface area contributed by atoms with Crippen LogP contribution >= 0.6 is 22.7 Å². The number of fused-ring (bicyclic) bond motifs is 1. The molecule has 0 saturated carbocycles. The number of halogens is 3. The summed E-state index contributed by atoms with van der Waals surface area (Å²) in [7, 11) is 0. The third-order valence-corrected chi connectivity index (χ3v) is 6.31. The van der Waals surface area contributed by atoms with Crippen LogP contribution in [-0.4, -0.2) is 20.4 Å². The Morgan fingerprint density at radius 1 is 1.24 bits per heavy atom. The molecule has 3 heterocycles. The Morgan fingerprint density at radius 2 is 2.03 bits per heavy atom. The number of alkyl halides is 3. The fraction of sp³-hybridized carbons (Fsp3) is 0.105. The highest BCUT2D eigenvalue weighted by atomic mass is 32.1. The van der Waals surface area contributed by atoms with Crippen LogP contribution in [-0.2, 0) is 17.5 Å². The largest absolute Gasteiger partial charge is 0.416 e. The van der Waals surface area contributed by atoms with Crippen molar-refractivity contribution in [1.29, 1.82) is 0 Å². The van der Waals surface area contributed by atoms with Crippen molar-refractivity contribution < 1.29 is 22.9 Å². The number of carbonyl (C=O) groups excluding carboxylic acids is 1. The Kier molecular flexibility index (Phi) is 5.86. The van der Waals surface area contributed by atoms with Gasteiger partial charge in [0, 0.05) is 21.9 Å². The fourth-order valence-corrected chi connectivity index (χ4v) is 4.71. The smallest absolute Gasteiger partial charge is 0.292 e. The molecule has 0 spiro atoms. The van der Waals surface area contributed by atoms with Crippen LogP contribution in [0, 0.1) is 10.1 Å². The molecule has 0 atom stereocenters. The normalized spacial score (nSPS) is 11.5. The zero-order chi connectivity index (χ0) is 23.8. The molecule has 1 amide bonds. The number of nitro benzene ring substituents is 1. The molecule has 0 aliphatic heterocycles. The van der Waals surface area contributed by atoms with E-state index in [0.717, 1.165) is 15.5 Å². The predicted octanol–water partition coefficient (Wildman–Crippen LogP) is 4.26. The lowest BCUT2D eigenvalue weighted by molar-refractivity contribution is -0.384. The minimum absolute atomic E-state index is 0.347. The van der Waals surface area contributed by atoms with Gasteiger partial charge in [-0.2, -0.15) is 13.2 Å². The zero-order valence-corrected chi connectivity index (χ0v) is 17.9. The van der Waals surface area contributed by atoms with E-state index in [1.54, 1.807) is 5.38 Å². The van der Waals surface area contributed by atoms with E-state index >= 15 is 0 Å². The molecule has 0 fully saturated rings. The number of amides is 1. The molecule has 14 heteroatoms. The van der Waals surface area contributed by atoms with Crippen LogP contribution in [0.1, 0.15) is 5.56 Å². The number of hydrazine groups is 1. The molecular formula is C19H12F3N5O4S2. The number of hydrogen-bond acceptors (Lipinski definition) is 8. The molecule has 0 saturated heterocycles. The van der Waals surface area contributed by atoms with Crippen molar-refractivity contribution in [2.24, 2.45) is 0 Å². The molecule has 9 nitrogen and oxygen atoms in total. The molecule has 0 unspecified atom stereocenters. The van der Waals surface area contributed by atoms with E-state index in [1.165, 1.54) is 29.0 Å². The zero-order valence-electron chi connectivity index (χ0n) is 16.3. The van der Waals surface area contributed by atoms with Gasteiger partial charge in [0.15, 0.2) is 0 Å². The monoisotopic (exact) mass is 495 g/mol. The number of hydrogen-bond donors (Lipinski definition) is 2. The van der Waals surface area contributed by atoms with E-state index in [2.05, 4.69) is 15.8 Å². The van der Waals surface area contributed by atoms with Crippen LogP contribution in [0.25, 0.3) is 20.7 Å². The summed E-state index contributed by atoms with van der Waals surface area (Å²) in [6.45, 7) is -0.469. The van der Waals surface area contributed by atoms with Crippen LogP contribution < -0.4 is 16.4 Å². The van der Waals surface area contributed by atoms with E-state index in [1.807, 2.05) is 17.5 Å². The lowest BCUT2D eigenvalue weighted by Crippen LogP contribution is -2.35. The van der Waals surface area contributed by atoms with Gasteiger partial charge in [-0.1, -0.05) is 6.07 Å². The number of anilines is 1. The highest BCUT2D eigenvalue weighted by Gasteiger charge is 2.33. The van der Waals surface area contributed by atoms with Crippen molar-refractivity contribution in [3.8, 4) is 10.4 Å². The third-order valence-electron chi connectivity index (χ3n) is 4.52. The van der Waals surface area contributed by atoms with Crippen LogP contribution in [0.3, 0.4) is 0 Å². The van der Waals surface area contributed by atoms with Gasteiger partial charge in [-0.25, -0.2) is 4.98 Å². The Bertz CT molecular complexity index is 1410. The van der Waals surface area contributed by atoms with Crippen molar-refractivity contribution in [3.05, 3.63) is 73.5 Å². The van der Waals surface area contributed by atoms with Crippen LogP contribution in [0.4, 0.5) is 24.5 Å². The van der Waals surface area contributed by atoms with Crippen molar-refractivity contribution in [2.45, 2.75) is 12.7 Å². The summed E-state index contributed by atoms with van der Waals surface area (Å²) in [6.07, 6.45) is -3.55. The average molecular weight is 495 g/mol. The SMILES string of the molecule is O=C(Cn1cnc2scc(-c3cccs3)c2c1=O)NNc1ccc(C(F)(F)F)cc1[N+](=O)[O-]. The summed E-state index contributed by atoms with van der Waals surface area (Å²) >= 11 is 2.75. The van der Waals surface area contributed by atoms with Gasteiger partial charge in [-0.15, -0.1) is 22.7 Å². The summed E-state index contributed by atoms with van der Waals surface area (Å²) < 4.78 is 39.5. The maximum absolute atomic E-state index is 12.9. The second-order valence-corrected chi connectivity index (χ2v) is 8.45. The standard InChI is InChI=1S/C19H12F3N5O4S2/c20-19(21,22)10-3-4-12(13(6-10)27(30)31)24-25-15(28)7-26-9-23-17-16(18(26)29)11(8-33-17)14-2-1-5-32-14/h1-6,8-9,24H,7H2,(H,25,28). The Labute approximate surface area is 190 Å². The van der Waals surface area contributed by atoms with Gasteiger partial charge in [-0.05, 0) is 23.6 Å². The first-order chi connectivity index (χ1) is 15.6. The second kappa shape index (κ2) is 8.63. The number of aromatic nitrogens is 2. The summed E-state index contributed by atoms with van der Waals surface area (Å²) in [5.74, 6) is -0.764. The summed E-state index contributed by atoms with van der Waals surface area (Å²) in [4.78, 5) is 41.0. The Morgan fingerprint density at radius 3 is 2.70 bits per heavy atom. The Hall–Kier alpha value is -3.78. The van der Waals surface area contributed by atoms with Crippen molar-refractivity contribution >= 4 is 50.2 Å². The highest BCUT2D eigenvalue weighted by molar-refractivity contribution is 7.18. The lowest BCUT2D eigenvalue weighted by Gasteiger charge is -2.12. The van der Waals surface area contributed by atoms with Gasteiger partial charge in [0.05, 0.1) is 22.2 Å². The summed E-state index contributed by atoms with van der Waals surface area (Å²) in [6, 6.07) is 5.54. The first-order valence-electron chi connectivity index (χ1n) is 9.06. The average Bonchev–Trinajstić information content (AvgIpc) is 3.43. The van der Waals surface area contributed by atoms with Crippen molar-refractivity contribution in [1.82, 2.24) is 15.0 Å². The van der Waals surface area contributed by atoms with Gasteiger partial charge in [0.2, 0.25) is 0 Å². The number of nitrogens with zero attached hydrogens (tertiary/aromatic N) is 3. The molecule has 33 heavy (non-hydrogen) atoms. The molecule has 4 rings (SSSR count).